The number of aliphatic carboxylic acids is 2. The number of aryl methyl sites for hydroxylation is 2. The molecule has 0 amide bonds. The van der Waals surface area contributed by atoms with E-state index in [1.807, 2.05) is 0 Å². The predicted octanol–water partition coefficient (Wildman–Crippen LogP) is 1.88. The van der Waals surface area contributed by atoms with Gasteiger partial charge in [-0.25, -0.2) is 0 Å². The fourth-order valence-electron chi connectivity index (χ4n) is 1.34. The van der Waals surface area contributed by atoms with Crippen molar-refractivity contribution in [2.45, 2.75) is 25.7 Å². The second-order valence-corrected chi connectivity index (χ2v) is 4.47. The molecule has 1 rings (SSSR count). The van der Waals surface area contributed by atoms with E-state index in [1.165, 1.54) is 0 Å². The number of hydrogen-bond acceptors (Lipinski definition) is 3. The highest BCUT2D eigenvalue weighted by Gasteiger charge is 2.06. The van der Waals surface area contributed by atoms with E-state index < -0.39 is 11.9 Å². The van der Waals surface area contributed by atoms with Crippen LogP contribution in [0.5, 0.6) is 0 Å². The van der Waals surface area contributed by atoms with Crippen molar-refractivity contribution in [3.05, 3.63) is 28.0 Å². The van der Waals surface area contributed by atoms with E-state index in [9.17, 15) is 9.59 Å². The Bertz CT molecular complexity index is 397. The first-order valence-corrected chi connectivity index (χ1v) is 5.85. The standard InChI is InChI=1S/C11H12BrNO4/c12-7-5-8(1-3-10(14)15)13-9(6-7)2-4-11(16)17/h5-6H,1-4H2,(H,14,15)(H,16,17). The second-order valence-electron chi connectivity index (χ2n) is 3.56. The highest BCUT2D eigenvalue weighted by Crippen LogP contribution is 2.15. The summed E-state index contributed by atoms with van der Waals surface area (Å²) in [7, 11) is 0. The molecule has 0 bridgehead atoms. The number of aromatic nitrogens is 1. The minimum Gasteiger partial charge on any atom is -0.481 e. The van der Waals surface area contributed by atoms with E-state index in [0.717, 1.165) is 4.47 Å². The van der Waals surface area contributed by atoms with E-state index in [-0.39, 0.29) is 12.8 Å². The van der Waals surface area contributed by atoms with Gasteiger partial charge in [0.15, 0.2) is 0 Å². The summed E-state index contributed by atoms with van der Waals surface area (Å²) in [5, 5.41) is 17.1. The SMILES string of the molecule is O=C(O)CCc1cc(Br)cc(CCC(=O)O)n1. The van der Waals surface area contributed by atoms with E-state index in [2.05, 4.69) is 20.9 Å². The molecule has 5 nitrogen and oxygen atoms in total. The molecule has 0 aliphatic heterocycles. The number of carboxylic acids is 2. The summed E-state index contributed by atoms with van der Waals surface area (Å²) < 4.78 is 0.785. The molecule has 1 heterocycles. The van der Waals surface area contributed by atoms with Gasteiger partial charge in [-0.3, -0.25) is 14.6 Å². The van der Waals surface area contributed by atoms with Crippen LogP contribution in [-0.4, -0.2) is 27.1 Å². The van der Waals surface area contributed by atoms with Gasteiger partial charge in [-0.1, -0.05) is 15.9 Å². The van der Waals surface area contributed by atoms with Gasteiger partial charge in [-0.05, 0) is 12.1 Å². The Balaban J connectivity index is 2.71. The van der Waals surface area contributed by atoms with Crippen LogP contribution in [0.25, 0.3) is 0 Å². The van der Waals surface area contributed by atoms with Crippen molar-refractivity contribution >= 4 is 27.9 Å². The molecule has 92 valence electrons. The molecule has 0 saturated heterocycles. The van der Waals surface area contributed by atoms with Crippen molar-refractivity contribution in [2.24, 2.45) is 0 Å². The maximum Gasteiger partial charge on any atom is 0.303 e. The Morgan fingerprint density at radius 3 is 1.82 bits per heavy atom. The van der Waals surface area contributed by atoms with Crippen LogP contribution in [0.15, 0.2) is 16.6 Å². The molecule has 0 saturated carbocycles. The topological polar surface area (TPSA) is 87.5 Å². The van der Waals surface area contributed by atoms with Crippen LogP contribution >= 0.6 is 15.9 Å². The summed E-state index contributed by atoms with van der Waals surface area (Å²) in [5.41, 5.74) is 1.31. The Morgan fingerprint density at radius 2 is 1.47 bits per heavy atom. The maximum absolute atomic E-state index is 10.4. The van der Waals surface area contributed by atoms with Crippen molar-refractivity contribution < 1.29 is 19.8 Å². The fourth-order valence-corrected chi connectivity index (χ4v) is 1.86. The second kappa shape index (κ2) is 6.34. The molecular weight excluding hydrogens is 290 g/mol. The average molecular weight is 302 g/mol. The zero-order valence-corrected chi connectivity index (χ0v) is 10.6. The minimum atomic E-state index is -0.876. The van der Waals surface area contributed by atoms with Gasteiger partial charge >= 0.3 is 11.9 Å². The molecule has 0 aromatic carbocycles. The third-order valence-electron chi connectivity index (χ3n) is 2.09. The van der Waals surface area contributed by atoms with E-state index >= 15 is 0 Å². The quantitative estimate of drug-likeness (QED) is 0.837. The average Bonchev–Trinajstić information content (AvgIpc) is 2.23. The molecule has 0 radical (unpaired) electrons. The van der Waals surface area contributed by atoms with Crippen molar-refractivity contribution in [2.75, 3.05) is 0 Å². The number of pyridine rings is 1. The van der Waals surface area contributed by atoms with Gasteiger partial charge in [0.2, 0.25) is 0 Å². The molecule has 1 aromatic rings. The van der Waals surface area contributed by atoms with Gasteiger partial charge in [0.1, 0.15) is 0 Å². The molecule has 0 fully saturated rings. The molecular formula is C11H12BrNO4. The number of carbonyl (C=O) groups is 2. The Labute approximate surface area is 107 Å². The largest absolute Gasteiger partial charge is 0.481 e. The number of rotatable bonds is 6. The highest BCUT2D eigenvalue weighted by molar-refractivity contribution is 9.10. The van der Waals surface area contributed by atoms with Gasteiger partial charge in [0, 0.05) is 28.7 Å². The van der Waals surface area contributed by atoms with Crippen LogP contribution in [-0.2, 0) is 22.4 Å². The molecule has 0 aliphatic rings. The Morgan fingerprint density at radius 1 is 1.06 bits per heavy atom. The first kappa shape index (κ1) is 13.6. The Kier molecular flexibility index (Phi) is 5.09. The van der Waals surface area contributed by atoms with E-state index in [4.69, 9.17) is 10.2 Å². The first-order valence-electron chi connectivity index (χ1n) is 5.06. The molecule has 0 aliphatic carbocycles. The van der Waals surface area contributed by atoms with Crippen LogP contribution in [0.3, 0.4) is 0 Å². The third kappa shape index (κ3) is 5.44. The molecule has 17 heavy (non-hydrogen) atoms. The number of nitrogens with zero attached hydrogens (tertiary/aromatic N) is 1. The van der Waals surface area contributed by atoms with Crippen LogP contribution in [0.1, 0.15) is 24.2 Å². The van der Waals surface area contributed by atoms with Crippen molar-refractivity contribution in [3.63, 3.8) is 0 Å². The lowest BCUT2D eigenvalue weighted by atomic mass is 10.1. The summed E-state index contributed by atoms with van der Waals surface area (Å²) in [4.78, 5) is 25.1. The zero-order valence-electron chi connectivity index (χ0n) is 9.02. The molecule has 1 aromatic heterocycles. The maximum atomic E-state index is 10.4. The van der Waals surface area contributed by atoms with E-state index in [0.29, 0.717) is 24.2 Å². The minimum absolute atomic E-state index is 0.0157. The monoisotopic (exact) mass is 301 g/mol. The number of carboxylic acid groups (broad SMARTS) is 2. The van der Waals surface area contributed by atoms with Gasteiger partial charge in [0.25, 0.3) is 0 Å². The van der Waals surface area contributed by atoms with Gasteiger partial charge in [-0.15, -0.1) is 0 Å². The third-order valence-corrected chi connectivity index (χ3v) is 2.54. The van der Waals surface area contributed by atoms with Crippen molar-refractivity contribution in [1.82, 2.24) is 4.98 Å². The summed E-state index contributed by atoms with van der Waals surface area (Å²) in [6.45, 7) is 0. The van der Waals surface area contributed by atoms with Gasteiger partial charge < -0.3 is 10.2 Å². The lowest BCUT2D eigenvalue weighted by Crippen LogP contribution is -2.03. The molecule has 0 spiro atoms. The lowest BCUT2D eigenvalue weighted by Gasteiger charge is -2.04. The Hall–Kier alpha value is -1.43. The highest BCUT2D eigenvalue weighted by atomic mass is 79.9. The number of halogens is 1. The summed E-state index contributed by atoms with van der Waals surface area (Å²) >= 11 is 3.29. The number of hydrogen-bond donors (Lipinski definition) is 2. The summed E-state index contributed by atoms with van der Waals surface area (Å²) in [6, 6.07) is 3.49. The summed E-state index contributed by atoms with van der Waals surface area (Å²) in [5.74, 6) is -1.75. The zero-order chi connectivity index (χ0) is 12.8. The summed E-state index contributed by atoms with van der Waals surface area (Å²) in [6.07, 6.45) is 0.716. The van der Waals surface area contributed by atoms with Gasteiger partial charge in [0.05, 0.1) is 12.8 Å². The van der Waals surface area contributed by atoms with Crippen LogP contribution in [0.2, 0.25) is 0 Å². The molecule has 0 atom stereocenters. The fraction of sp³-hybridized carbons (Fsp3) is 0.364. The predicted molar refractivity (Wildman–Crippen MR) is 63.9 cm³/mol. The van der Waals surface area contributed by atoms with Crippen molar-refractivity contribution in [3.8, 4) is 0 Å². The van der Waals surface area contributed by atoms with Gasteiger partial charge in [-0.2, -0.15) is 0 Å². The van der Waals surface area contributed by atoms with Crippen molar-refractivity contribution in [1.29, 1.82) is 0 Å². The lowest BCUT2D eigenvalue weighted by molar-refractivity contribution is -0.137. The van der Waals surface area contributed by atoms with Crippen LogP contribution < -0.4 is 0 Å². The molecule has 2 N–H and O–H groups in total. The molecule has 0 unspecified atom stereocenters. The smallest absolute Gasteiger partial charge is 0.303 e. The first-order chi connectivity index (χ1) is 7.97. The van der Waals surface area contributed by atoms with Crippen LogP contribution in [0.4, 0.5) is 0 Å². The normalized spacial score (nSPS) is 10.2. The molecule has 6 heteroatoms. The van der Waals surface area contributed by atoms with E-state index in [1.54, 1.807) is 12.1 Å². The van der Waals surface area contributed by atoms with Crippen LogP contribution in [0, 0.1) is 0 Å².